The van der Waals surface area contributed by atoms with Gasteiger partial charge in [-0.15, -0.1) is 11.3 Å². The lowest BCUT2D eigenvalue weighted by Crippen LogP contribution is -2.30. The fraction of sp³-hybridized carbons (Fsp3) is 0.238. The summed E-state index contributed by atoms with van der Waals surface area (Å²) >= 11 is 1.61. The Morgan fingerprint density at radius 3 is 2.68 bits per heavy atom. The molecule has 0 saturated heterocycles. The van der Waals surface area contributed by atoms with Crippen LogP contribution in [0.1, 0.15) is 5.01 Å². The van der Waals surface area contributed by atoms with Crippen molar-refractivity contribution in [1.29, 1.82) is 0 Å². The van der Waals surface area contributed by atoms with Gasteiger partial charge < -0.3 is 19.7 Å². The summed E-state index contributed by atoms with van der Waals surface area (Å²) in [6, 6.07) is 13.2. The summed E-state index contributed by atoms with van der Waals surface area (Å²) in [4.78, 5) is 18.9. The molecule has 1 aromatic heterocycles. The second kappa shape index (κ2) is 8.75. The number of carbonyl (C=O) groups excluding carboxylic acids is 1. The number of likely N-dealkylation sites (N-methyl/N-ethyl adjacent to an activating group) is 1. The van der Waals surface area contributed by atoms with Crippen LogP contribution in [0.5, 0.6) is 11.5 Å². The Morgan fingerprint density at radius 2 is 2.00 bits per heavy atom. The number of rotatable bonds is 7. The van der Waals surface area contributed by atoms with Gasteiger partial charge in [0.05, 0.1) is 37.2 Å². The lowest BCUT2D eigenvalue weighted by molar-refractivity contribution is -0.114. The molecule has 0 saturated carbocycles. The molecule has 0 aliphatic rings. The predicted molar refractivity (Wildman–Crippen MR) is 114 cm³/mol. The molecule has 6 nitrogen and oxygen atoms in total. The van der Waals surface area contributed by atoms with Crippen LogP contribution in [-0.2, 0) is 4.79 Å². The first-order valence-corrected chi connectivity index (χ1v) is 9.63. The van der Waals surface area contributed by atoms with Crippen LogP contribution in [0.15, 0.2) is 47.8 Å². The highest BCUT2D eigenvalue weighted by Crippen LogP contribution is 2.31. The standard InChI is InChI=1S/C21H23N3O3S/c1-14-22-18(13-28-14)15-6-5-7-16(10-15)23-21(25)12-24(2)19-9-8-17(26-3)11-20(19)27-4/h5-11,13H,12H2,1-4H3,(H,23,25). The van der Waals surface area contributed by atoms with Crippen molar-refractivity contribution in [3.63, 3.8) is 0 Å². The molecular formula is C21H23N3O3S. The number of ether oxygens (including phenoxy) is 2. The quantitative estimate of drug-likeness (QED) is 0.647. The van der Waals surface area contributed by atoms with E-state index < -0.39 is 0 Å². The Labute approximate surface area is 168 Å². The van der Waals surface area contributed by atoms with Crippen LogP contribution < -0.4 is 19.7 Å². The molecule has 146 valence electrons. The Hall–Kier alpha value is -3.06. The third-order valence-corrected chi connectivity index (χ3v) is 5.01. The smallest absolute Gasteiger partial charge is 0.243 e. The Kier molecular flexibility index (Phi) is 6.16. The number of carbonyl (C=O) groups is 1. The van der Waals surface area contributed by atoms with Crippen LogP contribution >= 0.6 is 11.3 Å². The number of benzene rings is 2. The third kappa shape index (κ3) is 4.61. The fourth-order valence-corrected chi connectivity index (χ4v) is 3.48. The van der Waals surface area contributed by atoms with Gasteiger partial charge in [-0.1, -0.05) is 12.1 Å². The number of nitrogens with zero attached hydrogens (tertiary/aromatic N) is 2. The van der Waals surface area contributed by atoms with E-state index in [9.17, 15) is 4.79 Å². The van der Waals surface area contributed by atoms with Gasteiger partial charge in [-0.2, -0.15) is 0 Å². The SMILES string of the molecule is COc1ccc(N(C)CC(=O)Nc2cccc(-c3csc(C)n3)c2)c(OC)c1. The van der Waals surface area contributed by atoms with E-state index in [2.05, 4.69) is 10.3 Å². The van der Waals surface area contributed by atoms with E-state index >= 15 is 0 Å². The van der Waals surface area contributed by atoms with Crippen molar-refractivity contribution in [1.82, 2.24) is 4.98 Å². The number of amides is 1. The second-order valence-corrected chi connectivity index (χ2v) is 7.34. The highest BCUT2D eigenvalue weighted by Gasteiger charge is 2.13. The number of aromatic nitrogens is 1. The maximum atomic E-state index is 12.5. The van der Waals surface area contributed by atoms with Gasteiger partial charge in [-0.3, -0.25) is 4.79 Å². The van der Waals surface area contributed by atoms with Crippen molar-refractivity contribution < 1.29 is 14.3 Å². The van der Waals surface area contributed by atoms with Crippen LogP contribution in [0.4, 0.5) is 11.4 Å². The summed E-state index contributed by atoms with van der Waals surface area (Å²) in [5.41, 5.74) is 3.44. The third-order valence-electron chi connectivity index (χ3n) is 4.24. The maximum Gasteiger partial charge on any atom is 0.243 e. The molecule has 1 amide bonds. The Bertz CT molecular complexity index is 971. The first kappa shape index (κ1) is 19.7. The average molecular weight is 398 g/mol. The molecule has 0 aliphatic heterocycles. The highest BCUT2D eigenvalue weighted by atomic mass is 32.1. The van der Waals surface area contributed by atoms with E-state index in [1.807, 2.05) is 60.6 Å². The average Bonchev–Trinajstić information content (AvgIpc) is 3.13. The molecule has 3 aromatic rings. The molecule has 0 spiro atoms. The van der Waals surface area contributed by atoms with Gasteiger partial charge in [0.2, 0.25) is 5.91 Å². The van der Waals surface area contributed by atoms with Crippen LogP contribution in [0.25, 0.3) is 11.3 Å². The first-order valence-electron chi connectivity index (χ1n) is 8.75. The second-order valence-electron chi connectivity index (χ2n) is 6.27. The van der Waals surface area contributed by atoms with Crippen molar-refractivity contribution >= 4 is 28.6 Å². The van der Waals surface area contributed by atoms with Gasteiger partial charge in [0.1, 0.15) is 11.5 Å². The topological polar surface area (TPSA) is 63.7 Å². The molecule has 28 heavy (non-hydrogen) atoms. The normalized spacial score (nSPS) is 10.4. The van der Waals surface area contributed by atoms with Gasteiger partial charge in [0.15, 0.2) is 0 Å². The largest absolute Gasteiger partial charge is 0.497 e. The molecule has 0 bridgehead atoms. The molecule has 0 aliphatic carbocycles. The minimum atomic E-state index is -0.119. The van der Waals surface area contributed by atoms with E-state index in [4.69, 9.17) is 9.47 Å². The molecule has 3 rings (SSSR count). The van der Waals surface area contributed by atoms with Gasteiger partial charge in [0.25, 0.3) is 0 Å². The number of methoxy groups -OCH3 is 2. The first-order chi connectivity index (χ1) is 13.5. The Morgan fingerprint density at radius 1 is 1.18 bits per heavy atom. The summed E-state index contributed by atoms with van der Waals surface area (Å²) in [7, 11) is 5.04. The van der Waals surface area contributed by atoms with Crippen molar-refractivity contribution in [3.8, 4) is 22.8 Å². The van der Waals surface area contributed by atoms with Gasteiger partial charge in [0, 0.05) is 29.7 Å². The summed E-state index contributed by atoms with van der Waals surface area (Å²) in [5, 5.41) is 5.98. The fourth-order valence-electron chi connectivity index (χ4n) is 2.85. The zero-order chi connectivity index (χ0) is 20.1. The van der Waals surface area contributed by atoms with E-state index in [-0.39, 0.29) is 12.5 Å². The molecule has 7 heteroatoms. The molecule has 0 fully saturated rings. The zero-order valence-electron chi connectivity index (χ0n) is 16.4. The highest BCUT2D eigenvalue weighted by molar-refractivity contribution is 7.09. The van der Waals surface area contributed by atoms with Crippen LogP contribution in [0.3, 0.4) is 0 Å². The number of thiazole rings is 1. The van der Waals surface area contributed by atoms with Crippen molar-refractivity contribution in [2.45, 2.75) is 6.92 Å². The maximum absolute atomic E-state index is 12.5. The minimum Gasteiger partial charge on any atom is -0.497 e. The zero-order valence-corrected chi connectivity index (χ0v) is 17.2. The summed E-state index contributed by atoms with van der Waals surface area (Å²) in [6.45, 7) is 2.16. The summed E-state index contributed by atoms with van der Waals surface area (Å²) in [6.07, 6.45) is 0. The van der Waals surface area contributed by atoms with E-state index in [1.54, 1.807) is 31.6 Å². The van der Waals surface area contributed by atoms with Crippen molar-refractivity contribution in [3.05, 3.63) is 52.9 Å². The lowest BCUT2D eigenvalue weighted by Gasteiger charge is -2.21. The predicted octanol–water partition coefficient (Wildman–Crippen LogP) is 4.21. The summed E-state index contributed by atoms with van der Waals surface area (Å²) in [5.74, 6) is 1.23. The number of hydrogen-bond acceptors (Lipinski definition) is 6. The van der Waals surface area contributed by atoms with Crippen LogP contribution in [0.2, 0.25) is 0 Å². The van der Waals surface area contributed by atoms with Crippen molar-refractivity contribution in [2.75, 3.05) is 38.0 Å². The van der Waals surface area contributed by atoms with Gasteiger partial charge >= 0.3 is 0 Å². The van der Waals surface area contributed by atoms with Crippen molar-refractivity contribution in [2.24, 2.45) is 0 Å². The van der Waals surface area contributed by atoms with E-state index in [0.717, 1.165) is 27.6 Å². The van der Waals surface area contributed by atoms with Gasteiger partial charge in [-0.05, 0) is 31.2 Å². The van der Waals surface area contributed by atoms with Gasteiger partial charge in [-0.25, -0.2) is 4.98 Å². The number of aryl methyl sites for hydroxylation is 1. The molecule has 1 N–H and O–H groups in total. The molecule has 0 radical (unpaired) electrons. The number of nitrogens with one attached hydrogen (secondary N) is 1. The Balaban J connectivity index is 1.69. The molecule has 2 aromatic carbocycles. The summed E-state index contributed by atoms with van der Waals surface area (Å²) < 4.78 is 10.6. The molecule has 0 unspecified atom stereocenters. The molecule has 1 heterocycles. The molecular weight excluding hydrogens is 374 g/mol. The van der Waals surface area contributed by atoms with Crippen LogP contribution in [-0.4, -0.2) is 38.7 Å². The number of hydrogen-bond donors (Lipinski definition) is 1. The van der Waals surface area contributed by atoms with Crippen LogP contribution in [0, 0.1) is 6.92 Å². The van der Waals surface area contributed by atoms with E-state index in [0.29, 0.717) is 11.5 Å². The minimum absolute atomic E-state index is 0.119. The van der Waals surface area contributed by atoms with E-state index in [1.165, 1.54) is 0 Å². The molecule has 0 atom stereocenters. The lowest BCUT2D eigenvalue weighted by atomic mass is 10.1. The number of anilines is 2. The monoisotopic (exact) mass is 397 g/mol.